The van der Waals surface area contributed by atoms with Crippen LogP contribution >= 0.6 is 19.7 Å². The summed E-state index contributed by atoms with van der Waals surface area (Å²) in [6.07, 6.45) is 9.48. The van der Waals surface area contributed by atoms with Crippen molar-refractivity contribution in [1.82, 2.24) is 3.97 Å². The Kier molecular flexibility index (Phi) is 10.1. The summed E-state index contributed by atoms with van der Waals surface area (Å²) in [6, 6.07) is 12.9. The smallest absolute Gasteiger partial charge is 0.293 e. The molecule has 0 radical (unpaired) electrons. The zero-order valence-corrected chi connectivity index (χ0v) is 23.5. The van der Waals surface area contributed by atoms with E-state index in [4.69, 9.17) is 20.9 Å². The minimum atomic E-state index is -3.84. The Labute approximate surface area is 223 Å². The molecule has 1 heterocycles. The summed E-state index contributed by atoms with van der Waals surface area (Å²) < 4.78 is 44.4. The molecule has 0 bridgehead atoms. The molecule has 3 aromatic rings. The second kappa shape index (κ2) is 13.1. The first kappa shape index (κ1) is 28.7. The van der Waals surface area contributed by atoms with Gasteiger partial charge < -0.3 is 14.0 Å². The summed E-state index contributed by atoms with van der Waals surface area (Å²) >= 11 is 6.33. The van der Waals surface area contributed by atoms with Gasteiger partial charge in [-0.25, -0.2) is 12.4 Å². The van der Waals surface area contributed by atoms with Crippen LogP contribution in [-0.4, -0.2) is 39.7 Å². The number of hydrogen-bond donors (Lipinski definition) is 0. The lowest BCUT2D eigenvalue weighted by molar-refractivity contribution is -0.128. The largest absolute Gasteiger partial charge is 0.497 e. The zero-order valence-electron chi connectivity index (χ0n) is 21.0. The number of nitrogens with zero attached hydrogens (tertiary/aromatic N) is 1. The van der Waals surface area contributed by atoms with Gasteiger partial charge >= 0.3 is 0 Å². The summed E-state index contributed by atoms with van der Waals surface area (Å²) in [5.41, 5.74) is 1.16. The van der Waals surface area contributed by atoms with Crippen molar-refractivity contribution < 1.29 is 27.2 Å². The third kappa shape index (κ3) is 6.33. The molecule has 37 heavy (non-hydrogen) atoms. The number of carbonyl (C=O) groups excluding carboxylic acids is 1. The van der Waals surface area contributed by atoms with E-state index in [-0.39, 0.29) is 4.91 Å². The molecular formula is C27H29ClNO6PS. The van der Waals surface area contributed by atoms with Crippen LogP contribution in [-0.2, 0) is 24.1 Å². The standard InChI is InChI=1S/C24H23ClNO4PS.C3H6O2/c1-17-24(31(30-3)20-10-8-9-19(16-20)29-2)22-15-18(25)13-14-23(22)26(17)32(27,28)21-11-6-4-5-7-12-21;1-2-5-3-4/h4,6-16H,5H2,1-3H3;3H,2H2,1H3. The van der Waals surface area contributed by atoms with Crippen molar-refractivity contribution in [1.29, 1.82) is 0 Å². The second-order valence-corrected chi connectivity index (χ2v) is 11.9. The Balaban J connectivity index is 0.000000695. The molecule has 0 saturated carbocycles. The molecule has 1 unspecified atom stereocenters. The molecule has 10 heteroatoms. The molecule has 0 N–H and O–H groups in total. The molecule has 7 nitrogen and oxygen atoms in total. The predicted octanol–water partition coefficient (Wildman–Crippen LogP) is 5.36. The molecule has 1 atom stereocenters. The van der Waals surface area contributed by atoms with Gasteiger partial charge in [0.1, 0.15) is 5.75 Å². The summed E-state index contributed by atoms with van der Waals surface area (Å²) in [6.45, 7) is 4.48. The van der Waals surface area contributed by atoms with Gasteiger partial charge in [0.15, 0.2) is 0 Å². The Morgan fingerprint density at radius 3 is 2.57 bits per heavy atom. The topological polar surface area (TPSA) is 83.8 Å². The molecular weight excluding hydrogens is 533 g/mol. The lowest BCUT2D eigenvalue weighted by Gasteiger charge is -2.18. The number of rotatable bonds is 8. The fraction of sp³-hybridized carbons (Fsp3) is 0.222. The van der Waals surface area contributed by atoms with E-state index in [9.17, 15) is 13.2 Å². The Morgan fingerprint density at radius 2 is 1.92 bits per heavy atom. The van der Waals surface area contributed by atoms with Crippen LogP contribution < -0.4 is 15.3 Å². The van der Waals surface area contributed by atoms with E-state index < -0.39 is 18.2 Å². The predicted molar refractivity (Wildman–Crippen MR) is 151 cm³/mol. The van der Waals surface area contributed by atoms with Crippen molar-refractivity contribution >= 4 is 57.8 Å². The average Bonchev–Trinajstić information content (AvgIpc) is 3.05. The molecule has 196 valence electrons. The van der Waals surface area contributed by atoms with Crippen LogP contribution in [0.15, 0.2) is 77.7 Å². The summed E-state index contributed by atoms with van der Waals surface area (Å²) in [4.78, 5) is 9.41. The van der Waals surface area contributed by atoms with Gasteiger partial charge in [0.25, 0.3) is 16.5 Å². The van der Waals surface area contributed by atoms with Crippen molar-refractivity contribution in [3.63, 3.8) is 0 Å². The molecule has 0 amide bonds. The summed E-state index contributed by atoms with van der Waals surface area (Å²) in [5.74, 6) is 0.708. The zero-order chi connectivity index (χ0) is 27.0. The Bertz CT molecular complexity index is 1460. The number of methoxy groups -OCH3 is 1. The third-order valence-corrected chi connectivity index (χ3v) is 9.61. The fourth-order valence-electron chi connectivity index (χ4n) is 3.88. The van der Waals surface area contributed by atoms with Crippen LogP contribution in [0.25, 0.3) is 10.9 Å². The number of aromatic nitrogens is 1. The van der Waals surface area contributed by atoms with Crippen molar-refractivity contribution in [2.45, 2.75) is 20.3 Å². The van der Waals surface area contributed by atoms with Crippen molar-refractivity contribution in [2.24, 2.45) is 0 Å². The molecule has 0 spiro atoms. The summed E-state index contributed by atoms with van der Waals surface area (Å²) in [7, 11) is -1.93. The average molecular weight is 562 g/mol. The molecule has 1 aliphatic rings. The maximum absolute atomic E-state index is 13.7. The minimum Gasteiger partial charge on any atom is -0.497 e. The van der Waals surface area contributed by atoms with Crippen LogP contribution in [0, 0.1) is 6.92 Å². The van der Waals surface area contributed by atoms with Gasteiger partial charge in [-0.2, -0.15) is 0 Å². The Hall–Kier alpha value is -2.90. The van der Waals surface area contributed by atoms with Gasteiger partial charge in [-0.3, -0.25) is 4.79 Å². The van der Waals surface area contributed by atoms with E-state index >= 15 is 0 Å². The highest BCUT2D eigenvalue weighted by Crippen LogP contribution is 2.41. The molecule has 1 aromatic heterocycles. The highest BCUT2D eigenvalue weighted by Gasteiger charge is 2.30. The van der Waals surface area contributed by atoms with Crippen LogP contribution in [0.3, 0.4) is 0 Å². The van der Waals surface area contributed by atoms with Crippen LogP contribution in [0.1, 0.15) is 19.0 Å². The monoisotopic (exact) mass is 561 g/mol. The van der Waals surface area contributed by atoms with Gasteiger partial charge in [-0.1, -0.05) is 42.0 Å². The van der Waals surface area contributed by atoms with Crippen molar-refractivity contribution in [3.8, 4) is 5.75 Å². The SMILES string of the molecule is CCOC=O.COc1cccc(P(OC)c2c(C)n(S(=O)(=O)C3=CC=CCC=C3)c3ccc(Cl)cc23)c1. The maximum atomic E-state index is 13.7. The molecule has 2 aromatic carbocycles. The van der Waals surface area contributed by atoms with Gasteiger partial charge in [0.05, 0.1) is 32.3 Å². The molecule has 0 fully saturated rings. The fourth-order valence-corrected chi connectivity index (χ4v) is 7.63. The van der Waals surface area contributed by atoms with E-state index in [1.165, 1.54) is 3.97 Å². The minimum absolute atomic E-state index is 0.232. The number of carbonyl (C=O) groups is 1. The normalized spacial score (nSPS) is 13.8. The number of halogens is 1. The number of fused-ring (bicyclic) bond motifs is 1. The van der Waals surface area contributed by atoms with E-state index in [1.54, 1.807) is 57.6 Å². The first-order valence-corrected chi connectivity index (χ1v) is 14.5. The van der Waals surface area contributed by atoms with Gasteiger partial charge in [0, 0.05) is 33.8 Å². The molecule has 0 aliphatic heterocycles. The Morgan fingerprint density at radius 1 is 1.14 bits per heavy atom. The first-order chi connectivity index (χ1) is 17.8. The van der Waals surface area contributed by atoms with E-state index in [1.807, 2.05) is 43.3 Å². The summed E-state index contributed by atoms with van der Waals surface area (Å²) in [5, 5.41) is 3.01. The van der Waals surface area contributed by atoms with Crippen molar-refractivity contribution in [2.75, 3.05) is 20.8 Å². The molecule has 4 rings (SSSR count). The quantitative estimate of drug-likeness (QED) is 0.272. The van der Waals surface area contributed by atoms with E-state index in [0.717, 1.165) is 16.0 Å². The number of benzene rings is 2. The van der Waals surface area contributed by atoms with Crippen LogP contribution in [0.5, 0.6) is 5.75 Å². The van der Waals surface area contributed by atoms with Crippen molar-refractivity contribution in [3.05, 3.63) is 88.5 Å². The number of hydrogen-bond acceptors (Lipinski definition) is 6. The maximum Gasteiger partial charge on any atom is 0.293 e. The molecule has 1 aliphatic carbocycles. The number of allylic oxidation sites excluding steroid dienone is 5. The lowest BCUT2D eigenvalue weighted by atomic mass is 10.2. The van der Waals surface area contributed by atoms with E-state index in [2.05, 4.69) is 4.74 Å². The van der Waals surface area contributed by atoms with Gasteiger partial charge in [-0.05, 0) is 62.8 Å². The second-order valence-electron chi connectivity index (χ2n) is 7.73. The number of ether oxygens (including phenoxy) is 2. The van der Waals surface area contributed by atoms with E-state index in [0.29, 0.717) is 41.5 Å². The molecule has 0 saturated heterocycles. The lowest BCUT2D eigenvalue weighted by Crippen LogP contribution is -2.20. The van der Waals surface area contributed by atoms with Gasteiger partial charge in [-0.15, -0.1) is 0 Å². The van der Waals surface area contributed by atoms with Gasteiger partial charge in [0.2, 0.25) is 0 Å². The highest BCUT2D eigenvalue weighted by atomic mass is 35.5. The first-order valence-electron chi connectivity index (χ1n) is 11.4. The third-order valence-electron chi connectivity index (χ3n) is 5.48. The highest BCUT2D eigenvalue weighted by molar-refractivity contribution is 7.94. The van der Waals surface area contributed by atoms with Crippen LogP contribution in [0.4, 0.5) is 0 Å². The van der Waals surface area contributed by atoms with Crippen LogP contribution in [0.2, 0.25) is 5.02 Å².